The van der Waals surface area contributed by atoms with Crippen LogP contribution in [0.15, 0.2) is 47.1 Å². The van der Waals surface area contributed by atoms with Crippen LogP contribution >= 0.6 is 0 Å². The third kappa shape index (κ3) is 4.20. The van der Waals surface area contributed by atoms with E-state index < -0.39 is 0 Å². The minimum atomic E-state index is -0.209. The minimum absolute atomic E-state index is 0.0201. The van der Waals surface area contributed by atoms with Crippen LogP contribution in [0.3, 0.4) is 0 Å². The number of nitrogens with zero attached hydrogens (tertiary/aromatic N) is 2. The van der Waals surface area contributed by atoms with Crippen molar-refractivity contribution >= 4 is 17.5 Å². The molecule has 0 radical (unpaired) electrons. The molecule has 27 heavy (non-hydrogen) atoms. The van der Waals surface area contributed by atoms with E-state index in [4.69, 9.17) is 9.15 Å². The Bertz CT molecular complexity index is 799. The summed E-state index contributed by atoms with van der Waals surface area (Å²) in [5.41, 5.74) is 1.35. The molecule has 1 aromatic carbocycles. The van der Waals surface area contributed by atoms with Gasteiger partial charge in [0.25, 0.3) is 5.91 Å². The van der Waals surface area contributed by atoms with Crippen LogP contribution in [0.1, 0.15) is 22.5 Å². The number of hydrogen-bond acceptors (Lipinski definition) is 5. The van der Waals surface area contributed by atoms with Gasteiger partial charge in [0.1, 0.15) is 12.0 Å². The summed E-state index contributed by atoms with van der Waals surface area (Å²) in [5, 5.41) is 2.95. The lowest BCUT2D eigenvalue weighted by Gasteiger charge is -2.25. The first-order valence-electron chi connectivity index (χ1n) is 9.23. The van der Waals surface area contributed by atoms with Gasteiger partial charge >= 0.3 is 0 Å². The lowest BCUT2D eigenvalue weighted by molar-refractivity contribution is -0.117. The average Bonchev–Trinajstić information content (AvgIpc) is 3.30. The maximum absolute atomic E-state index is 12.5. The molecular weight excluding hydrogens is 346 g/mol. The number of carbonyl (C=O) groups excluding carboxylic acids is 2. The van der Waals surface area contributed by atoms with Crippen LogP contribution in [0.4, 0.5) is 5.69 Å². The van der Waals surface area contributed by atoms with Crippen molar-refractivity contribution in [1.82, 2.24) is 10.2 Å². The third-order valence-electron chi connectivity index (χ3n) is 4.93. The van der Waals surface area contributed by atoms with Crippen LogP contribution in [0.5, 0.6) is 0 Å². The maximum atomic E-state index is 12.5. The van der Waals surface area contributed by atoms with E-state index in [1.54, 1.807) is 11.0 Å². The predicted octanol–water partition coefficient (Wildman–Crippen LogP) is 1.65. The summed E-state index contributed by atoms with van der Waals surface area (Å²) in [7, 11) is 0. The molecule has 2 fully saturated rings. The Labute approximate surface area is 157 Å². The lowest BCUT2D eigenvalue weighted by atomic mass is 10.2. The molecule has 2 aliphatic rings. The Balaban J connectivity index is 1.33. The summed E-state index contributed by atoms with van der Waals surface area (Å²) >= 11 is 0. The second kappa shape index (κ2) is 7.94. The molecule has 3 heterocycles. The van der Waals surface area contributed by atoms with Crippen molar-refractivity contribution in [2.45, 2.75) is 19.0 Å². The molecule has 1 N–H and O–H groups in total. The fraction of sp³-hybridized carbons (Fsp3) is 0.400. The van der Waals surface area contributed by atoms with Crippen LogP contribution in [-0.4, -0.2) is 55.6 Å². The van der Waals surface area contributed by atoms with Crippen molar-refractivity contribution in [3.63, 3.8) is 0 Å². The van der Waals surface area contributed by atoms with E-state index in [-0.39, 0.29) is 17.9 Å². The molecule has 2 aromatic rings. The second-order valence-corrected chi connectivity index (χ2v) is 6.90. The maximum Gasteiger partial charge on any atom is 0.254 e. The number of morpholine rings is 1. The van der Waals surface area contributed by atoms with Crippen molar-refractivity contribution in [2.75, 3.05) is 37.7 Å². The second-order valence-electron chi connectivity index (χ2n) is 6.90. The van der Waals surface area contributed by atoms with Gasteiger partial charge in [0.15, 0.2) is 0 Å². The Morgan fingerprint density at radius 3 is 2.74 bits per heavy atom. The molecule has 0 saturated carbocycles. The first-order chi connectivity index (χ1) is 13.2. The molecule has 2 aliphatic heterocycles. The molecule has 142 valence electrons. The molecule has 1 aromatic heterocycles. The number of amides is 2. The highest BCUT2D eigenvalue weighted by molar-refractivity contribution is 5.98. The summed E-state index contributed by atoms with van der Waals surface area (Å²) in [6.45, 7) is 4.32. The Kier molecular flexibility index (Phi) is 5.22. The molecule has 0 bridgehead atoms. The quantitative estimate of drug-likeness (QED) is 0.867. The molecule has 1 atom stereocenters. The highest BCUT2D eigenvalue weighted by Crippen LogP contribution is 2.21. The van der Waals surface area contributed by atoms with Crippen molar-refractivity contribution in [1.29, 1.82) is 0 Å². The number of hydrogen-bond donors (Lipinski definition) is 1. The SMILES string of the molecule is O=C(N[C@H]1CC(=O)N(c2ccccc2)C1)c1coc(CN2CCOCC2)c1. The molecule has 7 heteroatoms. The van der Waals surface area contributed by atoms with Gasteiger partial charge in [-0.05, 0) is 18.2 Å². The highest BCUT2D eigenvalue weighted by Gasteiger charge is 2.31. The largest absolute Gasteiger partial charge is 0.467 e. The van der Waals surface area contributed by atoms with Crippen LogP contribution < -0.4 is 10.2 Å². The Morgan fingerprint density at radius 1 is 1.19 bits per heavy atom. The van der Waals surface area contributed by atoms with Crippen molar-refractivity contribution in [2.24, 2.45) is 0 Å². The van der Waals surface area contributed by atoms with Gasteiger partial charge in [-0.3, -0.25) is 14.5 Å². The summed E-state index contributed by atoms with van der Waals surface area (Å²) in [6.07, 6.45) is 1.79. The fourth-order valence-corrected chi connectivity index (χ4v) is 3.49. The molecule has 4 rings (SSSR count). The van der Waals surface area contributed by atoms with E-state index in [9.17, 15) is 9.59 Å². The van der Waals surface area contributed by atoms with E-state index in [0.717, 1.165) is 37.8 Å². The van der Waals surface area contributed by atoms with Gasteiger partial charge in [-0.15, -0.1) is 0 Å². The fourth-order valence-electron chi connectivity index (χ4n) is 3.49. The number of carbonyl (C=O) groups is 2. The zero-order chi connectivity index (χ0) is 18.6. The number of anilines is 1. The van der Waals surface area contributed by atoms with Crippen LogP contribution in [0, 0.1) is 0 Å². The topological polar surface area (TPSA) is 75.0 Å². The predicted molar refractivity (Wildman–Crippen MR) is 99.5 cm³/mol. The molecule has 7 nitrogen and oxygen atoms in total. The lowest BCUT2D eigenvalue weighted by Crippen LogP contribution is -2.37. The van der Waals surface area contributed by atoms with Gasteiger partial charge in [-0.2, -0.15) is 0 Å². The Morgan fingerprint density at radius 2 is 1.96 bits per heavy atom. The molecular formula is C20H23N3O4. The number of para-hydroxylation sites is 1. The average molecular weight is 369 g/mol. The smallest absolute Gasteiger partial charge is 0.254 e. The third-order valence-corrected chi connectivity index (χ3v) is 4.93. The standard InChI is InChI=1S/C20H23N3O4/c24-19-11-16(12-23(19)17-4-2-1-3-5-17)21-20(25)15-10-18(27-14-15)13-22-6-8-26-9-7-22/h1-5,10,14,16H,6-9,11-13H2,(H,21,25)/t16-/m0/s1. The van der Waals surface area contributed by atoms with Crippen LogP contribution in [0.2, 0.25) is 0 Å². The zero-order valence-electron chi connectivity index (χ0n) is 15.1. The summed E-state index contributed by atoms with van der Waals surface area (Å²) in [4.78, 5) is 28.7. The first-order valence-corrected chi connectivity index (χ1v) is 9.23. The molecule has 0 aliphatic carbocycles. The van der Waals surface area contributed by atoms with Crippen molar-refractivity contribution in [3.8, 4) is 0 Å². The van der Waals surface area contributed by atoms with Gasteiger partial charge in [0.05, 0.1) is 31.4 Å². The number of nitrogens with one attached hydrogen (secondary N) is 1. The van der Waals surface area contributed by atoms with Gasteiger partial charge < -0.3 is 19.4 Å². The van der Waals surface area contributed by atoms with E-state index >= 15 is 0 Å². The van der Waals surface area contributed by atoms with Gasteiger partial charge in [0, 0.05) is 31.7 Å². The number of rotatable bonds is 5. The van der Waals surface area contributed by atoms with E-state index in [1.165, 1.54) is 6.26 Å². The number of ether oxygens (including phenoxy) is 1. The monoisotopic (exact) mass is 369 g/mol. The highest BCUT2D eigenvalue weighted by atomic mass is 16.5. The van der Waals surface area contributed by atoms with Crippen molar-refractivity contribution in [3.05, 3.63) is 54.0 Å². The van der Waals surface area contributed by atoms with E-state index in [1.807, 2.05) is 30.3 Å². The summed E-state index contributed by atoms with van der Waals surface area (Å²) in [6, 6.07) is 11.1. The zero-order valence-corrected chi connectivity index (χ0v) is 15.1. The molecule has 2 amide bonds. The van der Waals surface area contributed by atoms with Crippen molar-refractivity contribution < 1.29 is 18.7 Å². The number of benzene rings is 1. The van der Waals surface area contributed by atoms with Crippen LogP contribution in [-0.2, 0) is 16.1 Å². The van der Waals surface area contributed by atoms with Gasteiger partial charge in [-0.25, -0.2) is 0 Å². The number of furan rings is 1. The van der Waals surface area contributed by atoms with Gasteiger partial charge in [0.2, 0.25) is 5.91 Å². The first kappa shape index (κ1) is 17.8. The molecule has 2 saturated heterocycles. The Hall–Kier alpha value is -2.64. The van der Waals surface area contributed by atoms with E-state index in [0.29, 0.717) is 25.1 Å². The minimum Gasteiger partial charge on any atom is -0.467 e. The summed E-state index contributed by atoms with van der Waals surface area (Å²) in [5.74, 6) is 0.571. The van der Waals surface area contributed by atoms with Gasteiger partial charge in [-0.1, -0.05) is 18.2 Å². The van der Waals surface area contributed by atoms with E-state index in [2.05, 4.69) is 10.2 Å². The molecule has 0 spiro atoms. The normalized spacial score (nSPS) is 20.8. The van der Waals surface area contributed by atoms with Crippen LogP contribution in [0.25, 0.3) is 0 Å². The molecule has 0 unspecified atom stereocenters. The summed E-state index contributed by atoms with van der Waals surface area (Å²) < 4.78 is 10.9.